The van der Waals surface area contributed by atoms with E-state index < -0.39 is 0 Å². The van der Waals surface area contributed by atoms with E-state index in [0.717, 1.165) is 28.1 Å². The van der Waals surface area contributed by atoms with Gasteiger partial charge in [0.1, 0.15) is 5.75 Å². The first-order chi connectivity index (χ1) is 13.6. The monoisotopic (exact) mass is 391 g/mol. The molecule has 2 heterocycles. The summed E-state index contributed by atoms with van der Waals surface area (Å²) in [6.07, 6.45) is 0. The quantitative estimate of drug-likeness (QED) is 0.516. The van der Waals surface area contributed by atoms with E-state index in [1.165, 1.54) is 11.3 Å². The van der Waals surface area contributed by atoms with Gasteiger partial charge >= 0.3 is 0 Å². The molecule has 0 bridgehead atoms. The first-order valence-corrected chi connectivity index (χ1v) is 9.46. The van der Waals surface area contributed by atoms with Gasteiger partial charge in [-0.25, -0.2) is 4.98 Å². The van der Waals surface area contributed by atoms with Gasteiger partial charge < -0.3 is 9.26 Å². The van der Waals surface area contributed by atoms with Crippen LogP contribution in [-0.2, 0) is 0 Å². The average molecular weight is 391 g/mol. The van der Waals surface area contributed by atoms with Gasteiger partial charge in [0.15, 0.2) is 16.6 Å². The third-order valence-electron chi connectivity index (χ3n) is 4.22. The number of carbonyl (C=O) groups excluding carboxylic acids is 1. The van der Waals surface area contributed by atoms with Crippen LogP contribution in [0.3, 0.4) is 0 Å². The fourth-order valence-electron chi connectivity index (χ4n) is 2.78. The van der Waals surface area contributed by atoms with E-state index in [2.05, 4.69) is 15.5 Å². The molecule has 0 atom stereocenters. The number of aromatic nitrogens is 2. The van der Waals surface area contributed by atoms with E-state index in [0.29, 0.717) is 10.9 Å². The summed E-state index contributed by atoms with van der Waals surface area (Å²) in [6.45, 7) is 1.98. The second kappa shape index (κ2) is 7.66. The predicted octanol–water partition coefficient (Wildman–Crippen LogP) is 5.03. The Morgan fingerprint density at radius 1 is 1.11 bits per heavy atom. The second-order valence-electron chi connectivity index (χ2n) is 6.12. The molecule has 0 spiro atoms. The molecule has 0 unspecified atom stereocenters. The summed E-state index contributed by atoms with van der Waals surface area (Å²) in [5.41, 5.74) is 3.84. The summed E-state index contributed by atoms with van der Waals surface area (Å²) >= 11 is 1.35. The molecule has 7 heteroatoms. The number of nitrogens with one attached hydrogen (secondary N) is 1. The Kier molecular flexibility index (Phi) is 4.90. The predicted molar refractivity (Wildman–Crippen MR) is 109 cm³/mol. The number of amides is 1. The van der Waals surface area contributed by atoms with Gasteiger partial charge in [-0.15, -0.1) is 11.3 Å². The van der Waals surface area contributed by atoms with E-state index in [4.69, 9.17) is 9.26 Å². The Morgan fingerprint density at radius 2 is 1.93 bits per heavy atom. The highest BCUT2D eigenvalue weighted by Crippen LogP contribution is 2.29. The topological polar surface area (TPSA) is 77.2 Å². The van der Waals surface area contributed by atoms with E-state index >= 15 is 0 Å². The third kappa shape index (κ3) is 3.65. The Balaban J connectivity index is 1.49. The van der Waals surface area contributed by atoms with Crippen LogP contribution in [0.4, 0.5) is 5.13 Å². The van der Waals surface area contributed by atoms with Crippen molar-refractivity contribution in [3.63, 3.8) is 0 Å². The molecule has 2 aromatic carbocycles. The number of ether oxygens (including phenoxy) is 1. The van der Waals surface area contributed by atoms with Crippen LogP contribution < -0.4 is 10.1 Å². The number of thiazole rings is 1. The van der Waals surface area contributed by atoms with Gasteiger partial charge in [0.2, 0.25) is 0 Å². The summed E-state index contributed by atoms with van der Waals surface area (Å²) in [6, 6.07) is 17.0. The maximum atomic E-state index is 12.5. The number of methoxy groups -OCH3 is 1. The molecular formula is C21H17N3O3S. The fraction of sp³-hybridized carbons (Fsp3) is 0.0952. The molecule has 1 amide bonds. The zero-order valence-electron chi connectivity index (χ0n) is 15.3. The standard InChI is InChI=1S/C21H17N3O3S/c1-13-10-15(8-9-18(13)26-2)17-12-28-21(22-17)23-20(25)16-11-19(27-24-16)14-6-4-3-5-7-14/h3-12H,1-2H3,(H,22,23,25). The first kappa shape index (κ1) is 17.9. The Bertz CT molecular complexity index is 1120. The van der Waals surface area contributed by atoms with E-state index in [1.54, 1.807) is 13.2 Å². The molecule has 0 aliphatic carbocycles. The molecule has 28 heavy (non-hydrogen) atoms. The summed E-state index contributed by atoms with van der Waals surface area (Å²) in [7, 11) is 1.64. The third-order valence-corrected chi connectivity index (χ3v) is 4.97. The Labute approximate surface area is 165 Å². The van der Waals surface area contributed by atoms with Crippen molar-refractivity contribution >= 4 is 22.4 Å². The van der Waals surface area contributed by atoms with Gasteiger partial charge in [-0.2, -0.15) is 0 Å². The van der Waals surface area contributed by atoms with Gasteiger partial charge in [0, 0.05) is 22.6 Å². The molecule has 0 saturated carbocycles. The minimum Gasteiger partial charge on any atom is -0.496 e. The maximum absolute atomic E-state index is 12.5. The number of hydrogen-bond donors (Lipinski definition) is 1. The summed E-state index contributed by atoms with van der Waals surface area (Å²) < 4.78 is 10.6. The molecule has 2 aromatic heterocycles. The fourth-order valence-corrected chi connectivity index (χ4v) is 3.50. The van der Waals surface area contributed by atoms with Crippen molar-refractivity contribution in [2.75, 3.05) is 12.4 Å². The highest BCUT2D eigenvalue weighted by Gasteiger charge is 2.16. The van der Waals surface area contributed by atoms with E-state index in [9.17, 15) is 4.79 Å². The van der Waals surface area contributed by atoms with Gasteiger partial charge in [-0.1, -0.05) is 35.5 Å². The molecule has 4 aromatic rings. The number of nitrogens with zero attached hydrogens (tertiary/aromatic N) is 2. The molecule has 0 saturated heterocycles. The average Bonchev–Trinajstić information content (AvgIpc) is 3.38. The Morgan fingerprint density at radius 3 is 2.68 bits per heavy atom. The van der Waals surface area contributed by atoms with Crippen LogP contribution in [0.1, 0.15) is 16.1 Å². The van der Waals surface area contributed by atoms with Gasteiger partial charge in [0.25, 0.3) is 5.91 Å². The molecule has 0 radical (unpaired) electrons. The molecule has 6 nitrogen and oxygen atoms in total. The van der Waals surface area contributed by atoms with E-state index in [-0.39, 0.29) is 11.6 Å². The van der Waals surface area contributed by atoms with Crippen molar-refractivity contribution in [3.8, 4) is 28.3 Å². The molecule has 0 aliphatic rings. The SMILES string of the molecule is COc1ccc(-c2csc(NC(=O)c3cc(-c4ccccc4)on3)n2)cc1C. The van der Waals surface area contributed by atoms with Gasteiger partial charge in [-0.05, 0) is 30.7 Å². The number of hydrogen-bond acceptors (Lipinski definition) is 6. The first-order valence-electron chi connectivity index (χ1n) is 8.58. The lowest BCUT2D eigenvalue weighted by atomic mass is 10.1. The maximum Gasteiger partial charge on any atom is 0.279 e. The highest BCUT2D eigenvalue weighted by atomic mass is 32.1. The minimum atomic E-state index is -0.363. The zero-order valence-corrected chi connectivity index (χ0v) is 16.1. The molecule has 4 rings (SSSR count). The smallest absolute Gasteiger partial charge is 0.279 e. The van der Waals surface area contributed by atoms with Crippen LogP contribution in [-0.4, -0.2) is 23.2 Å². The molecular weight excluding hydrogens is 374 g/mol. The second-order valence-corrected chi connectivity index (χ2v) is 6.98. The number of carbonyl (C=O) groups is 1. The van der Waals surface area contributed by atoms with Crippen molar-refractivity contribution in [2.45, 2.75) is 6.92 Å². The van der Waals surface area contributed by atoms with Crippen molar-refractivity contribution in [1.29, 1.82) is 0 Å². The number of aryl methyl sites for hydroxylation is 1. The zero-order chi connectivity index (χ0) is 19.5. The number of rotatable bonds is 5. The highest BCUT2D eigenvalue weighted by molar-refractivity contribution is 7.14. The molecule has 1 N–H and O–H groups in total. The van der Waals surface area contributed by atoms with Crippen molar-refractivity contribution in [3.05, 3.63) is 71.2 Å². The van der Waals surface area contributed by atoms with Crippen molar-refractivity contribution in [1.82, 2.24) is 10.1 Å². The lowest BCUT2D eigenvalue weighted by Gasteiger charge is -2.05. The Hall–Kier alpha value is -3.45. The van der Waals surface area contributed by atoms with Crippen LogP contribution in [0.5, 0.6) is 5.75 Å². The normalized spacial score (nSPS) is 10.6. The largest absolute Gasteiger partial charge is 0.496 e. The van der Waals surface area contributed by atoms with Gasteiger partial charge in [-0.3, -0.25) is 10.1 Å². The van der Waals surface area contributed by atoms with Crippen LogP contribution in [0.2, 0.25) is 0 Å². The molecule has 0 aliphatic heterocycles. The number of anilines is 1. The van der Waals surface area contributed by atoms with Crippen molar-refractivity contribution in [2.24, 2.45) is 0 Å². The minimum absolute atomic E-state index is 0.205. The molecule has 0 fully saturated rings. The van der Waals surface area contributed by atoms with Crippen LogP contribution >= 0.6 is 11.3 Å². The lowest BCUT2D eigenvalue weighted by molar-refractivity contribution is 0.101. The molecule has 140 valence electrons. The van der Waals surface area contributed by atoms with E-state index in [1.807, 2.05) is 60.8 Å². The van der Waals surface area contributed by atoms with Gasteiger partial charge in [0.05, 0.1) is 12.8 Å². The van der Waals surface area contributed by atoms with Crippen LogP contribution in [0, 0.1) is 6.92 Å². The van der Waals surface area contributed by atoms with Crippen molar-refractivity contribution < 1.29 is 14.1 Å². The summed E-state index contributed by atoms with van der Waals surface area (Å²) in [4.78, 5) is 17.0. The lowest BCUT2D eigenvalue weighted by Crippen LogP contribution is -2.11. The summed E-state index contributed by atoms with van der Waals surface area (Å²) in [5.74, 6) is 1.00. The van der Waals surface area contributed by atoms with Crippen LogP contribution in [0.15, 0.2) is 64.5 Å². The summed E-state index contributed by atoms with van der Waals surface area (Å²) in [5, 5.41) is 9.03. The number of benzene rings is 2. The van der Waals surface area contributed by atoms with Crippen LogP contribution in [0.25, 0.3) is 22.6 Å².